The standard InChI is InChI=1S/C22H19FN2O4/c1-28-21-12-16(13-24-25-22(27)17-5-9-19(26)10-6-17)4-11-20(21)29-14-15-2-7-18(23)8-3-15/h2-13,26H,14H2,1H3,(H,25,27)/b24-13-. The molecule has 0 aromatic heterocycles. The number of phenols is 1. The molecule has 3 aromatic carbocycles. The first-order chi connectivity index (χ1) is 14.0. The number of methoxy groups -OCH3 is 1. The molecule has 0 aliphatic rings. The number of hydrogen-bond acceptors (Lipinski definition) is 5. The first-order valence-electron chi connectivity index (χ1n) is 8.73. The summed E-state index contributed by atoms with van der Waals surface area (Å²) < 4.78 is 24.0. The zero-order chi connectivity index (χ0) is 20.6. The number of carbonyl (C=O) groups is 1. The molecule has 0 atom stereocenters. The molecular weight excluding hydrogens is 375 g/mol. The van der Waals surface area contributed by atoms with Crippen LogP contribution in [0.5, 0.6) is 17.2 Å². The summed E-state index contributed by atoms with van der Waals surface area (Å²) >= 11 is 0. The van der Waals surface area contributed by atoms with Gasteiger partial charge in [-0.3, -0.25) is 4.79 Å². The fraction of sp³-hybridized carbons (Fsp3) is 0.0909. The fourth-order valence-electron chi connectivity index (χ4n) is 2.47. The number of nitrogens with zero attached hydrogens (tertiary/aromatic N) is 1. The summed E-state index contributed by atoms with van der Waals surface area (Å²) in [6.45, 7) is 0.271. The van der Waals surface area contributed by atoms with Gasteiger partial charge in [0.25, 0.3) is 5.91 Å². The second-order valence-electron chi connectivity index (χ2n) is 6.07. The van der Waals surface area contributed by atoms with Crippen LogP contribution in [0.2, 0.25) is 0 Å². The van der Waals surface area contributed by atoms with Crippen LogP contribution in [0.15, 0.2) is 71.8 Å². The summed E-state index contributed by atoms with van der Waals surface area (Å²) in [5.74, 6) is 0.418. The minimum atomic E-state index is -0.396. The Kier molecular flexibility index (Phi) is 6.42. The summed E-state index contributed by atoms with van der Waals surface area (Å²) in [6, 6.07) is 17.1. The smallest absolute Gasteiger partial charge is 0.271 e. The molecule has 0 unspecified atom stereocenters. The van der Waals surface area contributed by atoms with Crippen molar-refractivity contribution in [3.05, 3.63) is 89.2 Å². The highest BCUT2D eigenvalue weighted by molar-refractivity contribution is 5.95. The Morgan fingerprint density at radius 1 is 1.07 bits per heavy atom. The number of hydrogen-bond donors (Lipinski definition) is 2. The van der Waals surface area contributed by atoms with Crippen molar-refractivity contribution in [1.82, 2.24) is 5.43 Å². The van der Waals surface area contributed by atoms with Crippen LogP contribution in [0.4, 0.5) is 4.39 Å². The maximum absolute atomic E-state index is 13.0. The number of aromatic hydroxyl groups is 1. The Morgan fingerprint density at radius 2 is 1.79 bits per heavy atom. The van der Waals surface area contributed by atoms with Crippen molar-refractivity contribution in [2.75, 3.05) is 7.11 Å². The zero-order valence-electron chi connectivity index (χ0n) is 15.6. The summed E-state index contributed by atoms with van der Waals surface area (Å²) in [6.07, 6.45) is 1.48. The molecule has 7 heteroatoms. The highest BCUT2D eigenvalue weighted by atomic mass is 19.1. The molecule has 0 aliphatic carbocycles. The number of ether oxygens (including phenoxy) is 2. The van der Waals surface area contributed by atoms with Crippen molar-refractivity contribution in [2.24, 2.45) is 5.10 Å². The molecule has 0 bridgehead atoms. The van der Waals surface area contributed by atoms with E-state index in [4.69, 9.17) is 9.47 Å². The Morgan fingerprint density at radius 3 is 2.48 bits per heavy atom. The third-order valence-electron chi connectivity index (χ3n) is 4.00. The van der Waals surface area contributed by atoms with Crippen LogP contribution in [0.1, 0.15) is 21.5 Å². The van der Waals surface area contributed by atoms with Crippen molar-refractivity contribution < 1.29 is 23.8 Å². The molecule has 0 radical (unpaired) electrons. The molecule has 0 heterocycles. The molecule has 6 nitrogen and oxygen atoms in total. The number of amides is 1. The number of benzene rings is 3. The second kappa shape index (κ2) is 9.36. The molecule has 29 heavy (non-hydrogen) atoms. The van der Waals surface area contributed by atoms with Crippen molar-refractivity contribution in [2.45, 2.75) is 6.61 Å². The molecule has 0 saturated carbocycles. The zero-order valence-corrected chi connectivity index (χ0v) is 15.6. The number of nitrogens with one attached hydrogen (secondary N) is 1. The molecule has 0 aliphatic heterocycles. The van der Waals surface area contributed by atoms with Gasteiger partial charge in [-0.1, -0.05) is 12.1 Å². The lowest BCUT2D eigenvalue weighted by molar-refractivity contribution is 0.0955. The predicted molar refractivity (Wildman–Crippen MR) is 107 cm³/mol. The molecule has 148 valence electrons. The summed E-state index contributed by atoms with van der Waals surface area (Å²) in [7, 11) is 1.52. The molecular formula is C22H19FN2O4. The van der Waals surface area contributed by atoms with Crippen molar-refractivity contribution in [3.63, 3.8) is 0 Å². The first kappa shape index (κ1) is 19.9. The Bertz CT molecular complexity index is 1000. The predicted octanol–water partition coefficient (Wildman–Crippen LogP) is 3.88. The Labute approximate surface area is 167 Å². The van der Waals surface area contributed by atoms with E-state index >= 15 is 0 Å². The largest absolute Gasteiger partial charge is 0.508 e. The van der Waals surface area contributed by atoms with E-state index in [1.807, 2.05) is 0 Å². The fourth-order valence-corrected chi connectivity index (χ4v) is 2.47. The molecule has 1 amide bonds. The van der Waals surface area contributed by atoms with Crippen LogP contribution in [-0.4, -0.2) is 24.3 Å². The van der Waals surface area contributed by atoms with Gasteiger partial charge in [0.05, 0.1) is 13.3 Å². The maximum Gasteiger partial charge on any atom is 0.271 e. The van der Waals surface area contributed by atoms with Crippen LogP contribution in [0.25, 0.3) is 0 Å². The number of hydrazone groups is 1. The van der Waals surface area contributed by atoms with Gasteiger partial charge >= 0.3 is 0 Å². The highest BCUT2D eigenvalue weighted by Gasteiger charge is 2.07. The van der Waals surface area contributed by atoms with Gasteiger partial charge in [-0.05, 0) is 65.7 Å². The molecule has 2 N–H and O–H groups in total. The van der Waals surface area contributed by atoms with Gasteiger partial charge in [-0.15, -0.1) is 0 Å². The third kappa shape index (κ3) is 5.55. The maximum atomic E-state index is 13.0. The lowest BCUT2D eigenvalue weighted by Gasteiger charge is -2.11. The molecule has 0 saturated heterocycles. The van der Waals surface area contributed by atoms with Crippen LogP contribution in [-0.2, 0) is 6.61 Å². The van der Waals surface area contributed by atoms with Crippen LogP contribution >= 0.6 is 0 Å². The van der Waals surface area contributed by atoms with E-state index in [1.54, 1.807) is 30.3 Å². The van der Waals surface area contributed by atoms with E-state index in [1.165, 1.54) is 49.7 Å². The number of carbonyl (C=O) groups excluding carboxylic acids is 1. The van der Waals surface area contributed by atoms with E-state index in [0.717, 1.165) is 5.56 Å². The Hall–Kier alpha value is -3.87. The van der Waals surface area contributed by atoms with Gasteiger partial charge in [0.2, 0.25) is 0 Å². The minimum absolute atomic E-state index is 0.0823. The van der Waals surface area contributed by atoms with Gasteiger partial charge in [0, 0.05) is 5.56 Å². The van der Waals surface area contributed by atoms with E-state index in [0.29, 0.717) is 22.6 Å². The lowest BCUT2D eigenvalue weighted by Crippen LogP contribution is -2.17. The van der Waals surface area contributed by atoms with E-state index in [9.17, 15) is 14.3 Å². The average molecular weight is 394 g/mol. The SMILES string of the molecule is COc1cc(/C=N\NC(=O)c2ccc(O)cc2)ccc1OCc1ccc(F)cc1. The summed E-state index contributed by atoms with van der Waals surface area (Å²) in [5.41, 5.74) is 4.32. The lowest BCUT2D eigenvalue weighted by atomic mass is 10.2. The van der Waals surface area contributed by atoms with E-state index in [2.05, 4.69) is 10.5 Å². The molecule has 3 aromatic rings. The van der Waals surface area contributed by atoms with Crippen LogP contribution in [0.3, 0.4) is 0 Å². The van der Waals surface area contributed by atoms with Crippen molar-refractivity contribution in [1.29, 1.82) is 0 Å². The summed E-state index contributed by atoms with van der Waals surface area (Å²) in [5, 5.41) is 13.2. The van der Waals surface area contributed by atoms with Gasteiger partial charge < -0.3 is 14.6 Å². The van der Waals surface area contributed by atoms with Gasteiger partial charge in [0.1, 0.15) is 18.2 Å². The normalized spacial score (nSPS) is 10.7. The van der Waals surface area contributed by atoms with Crippen molar-refractivity contribution in [3.8, 4) is 17.2 Å². The van der Waals surface area contributed by atoms with Crippen molar-refractivity contribution >= 4 is 12.1 Å². The van der Waals surface area contributed by atoms with Gasteiger partial charge in [0.15, 0.2) is 11.5 Å². The van der Waals surface area contributed by atoms with Gasteiger partial charge in [-0.25, -0.2) is 9.82 Å². The molecule has 0 spiro atoms. The third-order valence-corrected chi connectivity index (χ3v) is 4.00. The Balaban J connectivity index is 1.61. The second-order valence-corrected chi connectivity index (χ2v) is 6.07. The molecule has 0 fully saturated rings. The van der Waals surface area contributed by atoms with E-state index in [-0.39, 0.29) is 18.2 Å². The topological polar surface area (TPSA) is 80.2 Å². The highest BCUT2D eigenvalue weighted by Crippen LogP contribution is 2.28. The number of phenolic OH excluding ortho intramolecular Hbond substituents is 1. The number of halogens is 1. The summed E-state index contributed by atoms with van der Waals surface area (Å²) in [4.78, 5) is 12.0. The number of rotatable bonds is 7. The van der Waals surface area contributed by atoms with Crippen LogP contribution < -0.4 is 14.9 Å². The minimum Gasteiger partial charge on any atom is -0.508 e. The van der Waals surface area contributed by atoms with E-state index < -0.39 is 5.91 Å². The van der Waals surface area contributed by atoms with Crippen LogP contribution in [0, 0.1) is 5.82 Å². The quantitative estimate of drug-likeness (QED) is 0.471. The monoisotopic (exact) mass is 394 g/mol. The average Bonchev–Trinajstić information content (AvgIpc) is 2.74. The first-order valence-corrected chi connectivity index (χ1v) is 8.73. The molecule has 3 rings (SSSR count). The van der Waals surface area contributed by atoms with Gasteiger partial charge in [-0.2, -0.15) is 5.10 Å².